The molecule has 116 valence electrons. The highest BCUT2D eigenvalue weighted by Crippen LogP contribution is 2.25. The third kappa shape index (κ3) is 3.86. The summed E-state index contributed by atoms with van der Waals surface area (Å²) in [5, 5.41) is 2.61. The van der Waals surface area contributed by atoms with Gasteiger partial charge in [-0.2, -0.15) is 13.2 Å². The maximum atomic E-state index is 12.4. The van der Waals surface area contributed by atoms with Crippen molar-refractivity contribution < 1.29 is 22.8 Å². The molecule has 1 aliphatic rings. The molecule has 0 aromatic heterocycles. The van der Waals surface area contributed by atoms with Gasteiger partial charge in [-0.25, -0.2) is 0 Å². The van der Waals surface area contributed by atoms with E-state index in [1.807, 2.05) is 0 Å². The Morgan fingerprint density at radius 1 is 1.15 bits per heavy atom. The van der Waals surface area contributed by atoms with Gasteiger partial charge in [0.2, 0.25) is 11.8 Å². The van der Waals surface area contributed by atoms with E-state index < -0.39 is 37.1 Å². The molecule has 0 aliphatic carbocycles. The van der Waals surface area contributed by atoms with Crippen molar-refractivity contribution in [2.24, 2.45) is 11.8 Å². The van der Waals surface area contributed by atoms with E-state index in [0.717, 1.165) is 4.90 Å². The smallest absolute Gasteiger partial charge is 0.342 e. The van der Waals surface area contributed by atoms with Crippen LogP contribution in [0, 0.1) is 11.8 Å². The zero-order valence-corrected chi connectivity index (χ0v) is 12.1. The quantitative estimate of drug-likeness (QED) is 0.861. The van der Waals surface area contributed by atoms with Gasteiger partial charge in [0.1, 0.15) is 12.1 Å². The second-order valence-electron chi connectivity index (χ2n) is 5.82. The molecule has 0 aromatic carbocycles. The number of carbonyl (C=O) groups is 2. The van der Waals surface area contributed by atoms with E-state index in [1.165, 1.54) is 0 Å². The van der Waals surface area contributed by atoms with Crippen molar-refractivity contribution in [2.75, 3.05) is 6.54 Å². The Labute approximate surface area is 116 Å². The van der Waals surface area contributed by atoms with Gasteiger partial charge in [0.05, 0.1) is 6.42 Å². The minimum atomic E-state index is -4.34. The number of halogens is 3. The SMILES string of the molecule is CC(C)C1NC(=O)C(C(C)C)N(CCC(F)(F)F)C1=O. The predicted molar refractivity (Wildman–Crippen MR) is 67.8 cm³/mol. The monoisotopic (exact) mass is 294 g/mol. The summed E-state index contributed by atoms with van der Waals surface area (Å²) in [5.74, 6) is -1.20. The molecule has 0 saturated carbocycles. The molecule has 2 amide bonds. The molecule has 1 rings (SSSR count). The van der Waals surface area contributed by atoms with Crippen molar-refractivity contribution in [3.63, 3.8) is 0 Å². The Morgan fingerprint density at radius 2 is 1.70 bits per heavy atom. The summed E-state index contributed by atoms with van der Waals surface area (Å²) in [4.78, 5) is 25.4. The Kier molecular flexibility index (Phi) is 5.05. The molecular formula is C13H21F3N2O2. The number of nitrogens with zero attached hydrogens (tertiary/aromatic N) is 1. The van der Waals surface area contributed by atoms with Gasteiger partial charge in [0, 0.05) is 6.54 Å². The molecule has 4 nitrogen and oxygen atoms in total. The lowest BCUT2D eigenvalue weighted by Gasteiger charge is -2.42. The standard InChI is InChI=1S/C13H21F3N2O2/c1-7(2)9-12(20)18(6-5-13(14,15)16)10(8(3)4)11(19)17-9/h7-10H,5-6H2,1-4H3,(H,17,19). The van der Waals surface area contributed by atoms with Crippen LogP contribution in [0.1, 0.15) is 34.1 Å². The van der Waals surface area contributed by atoms with Crippen LogP contribution in [0.3, 0.4) is 0 Å². The van der Waals surface area contributed by atoms with Gasteiger partial charge in [-0.15, -0.1) is 0 Å². The second-order valence-corrected chi connectivity index (χ2v) is 5.82. The molecular weight excluding hydrogens is 273 g/mol. The van der Waals surface area contributed by atoms with Crippen LogP contribution in [0.25, 0.3) is 0 Å². The van der Waals surface area contributed by atoms with Crippen LogP contribution in [0.2, 0.25) is 0 Å². The van der Waals surface area contributed by atoms with Crippen LogP contribution in [0.15, 0.2) is 0 Å². The highest BCUT2D eigenvalue weighted by atomic mass is 19.4. The number of piperazine rings is 1. The normalized spacial score (nSPS) is 24.6. The molecule has 1 N–H and O–H groups in total. The average molecular weight is 294 g/mol. The number of alkyl halides is 3. The minimum absolute atomic E-state index is 0.159. The maximum absolute atomic E-state index is 12.4. The number of rotatable bonds is 4. The summed E-state index contributed by atoms with van der Waals surface area (Å²) in [5.41, 5.74) is 0. The first-order valence-electron chi connectivity index (χ1n) is 6.72. The van der Waals surface area contributed by atoms with Crippen LogP contribution < -0.4 is 5.32 Å². The lowest BCUT2D eigenvalue weighted by atomic mass is 9.92. The Bertz CT molecular complexity index is 380. The molecule has 0 bridgehead atoms. The van der Waals surface area contributed by atoms with Crippen molar-refractivity contribution in [2.45, 2.75) is 52.4 Å². The zero-order valence-electron chi connectivity index (χ0n) is 12.1. The van der Waals surface area contributed by atoms with Crippen LogP contribution in [0.5, 0.6) is 0 Å². The summed E-state index contributed by atoms with van der Waals surface area (Å²) in [6, 6.07) is -1.58. The second kappa shape index (κ2) is 6.01. The molecule has 7 heteroatoms. The third-order valence-corrected chi connectivity index (χ3v) is 3.39. The van der Waals surface area contributed by atoms with E-state index in [9.17, 15) is 22.8 Å². The van der Waals surface area contributed by atoms with Gasteiger partial charge < -0.3 is 10.2 Å². The van der Waals surface area contributed by atoms with Crippen molar-refractivity contribution >= 4 is 11.8 Å². The van der Waals surface area contributed by atoms with Crippen LogP contribution >= 0.6 is 0 Å². The fraction of sp³-hybridized carbons (Fsp3) is 0.846. The average Bonchev–Trinajstić information content (AvgIpc) is 2.27. The Balaban J connectivity index is 2.96. The minimum Gasteiger partial charge on any atom is -0.342 e. The topological polar surface area (TPSA) is 49.4 Å². The van der Waals surface area contributed by atoms with E-state index in [-0.39, 0.29) is 17.7 Å². The van der Waals surface area contributed by atoms with Crippen molar-refractivity contribution in [1.82, 2.24) is 10.2 Å². The first-order chi connectivity index (χ1) is 9.04. The molecule has 1 heterocycles. The van der Waals surface area contributed by atoms with Gasteiger partial charge in [0.15, 0.2) is 0 Å². The third-order valence-electron chi connectivity index (χ3n) is 3.39. The summed E-state index contributed by atoms with van der Waals surface area (Å²) < 4.78 is 37.1. The Hall–Kier alpha value is -1.27. The summed E-state index contributed by atoms with van der Waals surface area (Å²) in [6.07, 6.45) is -5.44. The largest absolute Gasteiger partial charge is 0.390 e. The van der Waals surface area contributed by atoms with E-state index in [1.54, 1.807) is 27.7 Å². The molecule has 1 fully saturated rings. The van der Waals surface area contributed by atoms with E-state index in [4.69, 9.17) is 0 Å². The first-order valence-corrected chi connectivity index (χ1v) is 6.72. The molecule has 0 radical (unpaired) electrons. The van der Waals surface area contributed by atoms with E-state index in [0.29, 0.717) is 0 Å². The summed E-state index contributed by atoms with van der Waals surface area (Å²) in [7, 11) is 0. The Morgan fingerprint density at radius 3 is 2.10 bits per heavy atom. The molecule has 2 unspecified atom stereocenters. The molecule has 1 saturated heterocycles. The number of hydrogen-bond acceptors (Lipinski definition) is 2. The lowest BCUT2D eigenvalue weighted by molar-refractivity contribution is -0.160. The maximum Gasteiger partial charge on any atom is 0.390 e. The van der Waals surface area contributed by atoms with Gasteiger partial charge in [-0.3, -0.25) is 9.59 Å². The van der Waals surface area contributed by atoms with E-state index in [2.05, 4.69) is 5.32 Å². The molecule has 0 spiro atoms. The molecule has 1 aliphatic heterocycles. The van der Waals surface area contributed by atoms with E-state index >= 15 is 0 Å². The van der Waals surface area contributed by atoms with Crippen molar-refractivity contribution in [1.29, 1.82) is 0 Å². The fourth-order valence-electron chi connectivity index (χ4n) is 2.37. The van der Waals surface area contributed by atoms with Gasteiger partial charge >= 0.3 is 6.18 Å². The van der Waals surface area contributed by atoms with Crippen molar-refractivity contribution in [3.05, 3.63) is 0 Å². The lowest BCUT2D eigenvalue weighted by Crippen LogP contribution is -2.66. The number of nitrogens with one attached hydrogen (secondary N) is 1. The highest BCUT2D eigenvalue weighted by molar-refractivity contribution is 5.97. The summed E-state index contributed by atoms with van der Waals surface area (Å²) in [6.45, 7) is 6.46. The predicted octanol–water partition coefficient (Wildman–Crippen LogP) is 1.95. The fourth-order valence-corrected chi connectivity index (χ4v) is 2.37. The summed E-state index contributed by atoms with van der Waals surface area (Å²) >= 11 is 0. The zero-order chi connectivity index (χ0) is 15.7. The van der Waals surface area contributed by atoms with Crippen molar-refractivity contribution in [3.8, 4) is 0 Å². The van der Waals surface area contributed by atoms with Crippen LogP contribution in [-0.4, -0.2) is 41.5 Å². The molecule has 20 heavy (non-hydrogen) atoms. The highest BCUT2D eigenvalue weighted by Gasteiger charge is 2.44. The number of carbonyl (C=O) groups excluding carboxylic acids is 2. The number of hydrogen-bond donors (Lipinski definition) is 1. The van der Waals surface area contributed by atoms with Gasteiger partial charge in [-0.05, 0) is 11.8 Å². The molecule has 2 atom stereocenters. The first kappa shape index (κ1) is 16.8. The van der Waals surface area contributed by atoms with Crippen LogP contribution in [0.4, 0.5) is 13.2 Å². The van der Waals surface area contributed by atoms with Gasteiger partial charge in [0.25, 0.3) is 0 Å². The van der Waals surface area contributed by atoms with Crippen LogP contribution in [-0.2, 0) is 9.59 Å². The molecule has 0 aromatic rings. The van der Waals surface area contributed by atoms with Gasteiger partial charge in [-0.1, -0.05) is 27.7 Å². The number of amides is 2.